The largest absolute Gasteiger partial charge is 0.507 e. The second kappa shape index (κ2) is 9.13. The molecule has 1 aliphatic heterocycles. The fourth-order valence-corrected chi connectivity index (χ4v) is 3.77. The molecule has 0 saturated carbocycles. The number of Topliss-reactive ketones (excluding diaryl/α,β-unsaturated/α-hetero) is 1. The van der Waals surface area contributed by atoms with Crippen LogP contribution in [0.5, 0.6) is 5.75 Å². The monoisotopic (exact) mass is 409 g/mol. The van der Waals surface area contributed by atoms with Gasteiger partial charge >= 0.3 is 0 Å². The van der Waals surface area contributed by atoms with Gasteiger partial charge in [0, 0.05) is 19.2 Å². The molecule has 1 saturated heterocycles. The van der Waals surface area contributed by atoms with Crippen molar-refractivity contribution in [2.45, 2.75) is 25.8 Å². The quantitative estimate of drug-likeness (QED) is 0.427. The van der Waals surface area contributed by atoms with E-state index in [2.05, 4.69) is 0 Å². The molecule has 6 nitrogen and oxygen atoms in total. The first-order chi connectivity index (χ1) is 14.4. The van der Waals surface area contributed by atoms with E-state index >= 15 is 0 Å². The lowest BCUT2D eigenvalue weighted by molar-refractivity contribution is -0.140. The Labute approximate surface area is 176 Å². The molecular weight excluding hydrogens is 382 g/mol. The topological polar surface area (TPSA) is 76.1 Å². The van der Waals surface area contributed by atoms with Crippen molar-refractivity contribution in [3.63, 3.8) is 0 Å². The second-order valence-corrected chi connectivity index (χ2v) is 7.51. The van der Waals surface area contributed by atoms with Gasteiger partial charge in [-0.1, -0.05) is 44.2 Å². The predicted molar refractivity (Wildman–Crippen MR) is 114 cm³/mol. The lowest BCUT2D eigenvalue weighted by Crippen LogP contribution is -2.32. The number of hydrogen-bond acceptors (Lipinski definition) is 5. The summed E-state index contributed by atoms with van der Waals surface area (Å²) in [5.74, 6) is -0.658. The molecule has 30 heavy (non-hydrogen) atoms. The summed E-state index contributed by atoms with van der Waals surface area (Å²) in [4.78, 5) is 27.2. The summed E-state index contributed by atoms with van der Waals surface area (Å²) in [6.07, 6.45) is 0. The van der Waals surface area contributed by atoms with E-state index in [0.29, 0.717) is 11.3 Å². The lowest BCUT2D eigenvalue weighted by atomic mass is 9.93. The molecule has 1 fully saturated rings. The average Bonchev–Trinajstić information content (AvgIpc) is 3.02. The summed E-state index contributed by atoms with van der Waals surface area (Å²) in [5, 5.41) is 11.2. The standard InChI is InChI=1S/C24H27NO5/c1-15(2)18-14-17(10-11-19(18)30-4)22(26)20-21(16-8-6-5-7-9-16)25(12-13-29-3)24(28)23(20)27/h5-11,14-15,21,26H,12-13H2,1-4H3/b22-20-. The Balaban J connectivity index is 2.17. The summed E-state index contributed by atoms with van der Waals surface area (Å²) in [7, 11) is 3.14. The first-order valence-corrected chi connectivity index (χ1v) is 9.91. The summed E-state index contributed by atoms with van der Waals surface area (Å²) < 4.78 is 10.5. The first kappa shape index (κ1) is 21.6. The van der Waals surface area contributed by atoms with Crippen LogP contribution in [0.3, 0.4) is 0 Å². The number of likely N-dealkylation sites (tertiary alicyclic amines) is 1. The zero-order valence-electron chi connectivity index (χ0n) is 17.7. The first-order valence-electron chi connectivity index (χ1n) is 9.91. The van der Waals surface area contributed by atoms with Crippen LogP contribution in [0.2, 0.25) is 0 Å². The summed E-state index contributed by atoms with van der Waals surface area (Å²) in [5.41, 5.74) is 2.23. The number of carbonyl (C=O) groups excluding carboxylic acids is 2. The van der Waals surface area contributed by atoms with Crippen LogP contribution in [-0.2, 0) is 14.3 Å². The maximum absolute atomic E-state index is 12.9. The summed E-state index contributed by atoms with van der Waals surface area (Å²) in [6, 6.07) is 13.8. The van der Waals surface area contributed by atoms with E-state index in [1.807, 2.05) is 50.2 Å². The highest BCUT2D eigenvalue weighted by Gasteiger charge is 2.45. The third-order valence-electron chi connectivity index (χ3n) is 5.32. The van der Waals surface area contributed by atoms with Gasteiger partial charge in [-0.3, -0.25) is 9.59 Å². The lowest BCUT2D eigenvalue weighted by Gasteiger charge is -2.25. The van der Waals surface area contributed by atoms with E-state index in [1.54, 1.807) is 26.4 Å². The summed E-state index contributed by atoms with van der Waals surface area (Å²) >= 11 is 0. The number of hydrogen-bond donors (Lipinski definition) is 1. The van der Waals surface area contributed by atoms with E-state index in [4.69, 9.17) is 9.47 Å². The molecule has 1 atom stereocenters. The number of carbonyl (C=O) groups is 2. The molecular formula is C24H27NO5. The number of ether oxygens (including phenoxy) is 2. The fraction of sp³-hybridized carbons (Fsp3) is 0.333. The van der Waals surface area contributed by atoms with Gasteiger partial charge in [0.1, 0.15) is 11.5 Å². The van der Waals surface area contributed by atoms with Gasteiger partial charge < -0.3 is 19.5 Å². The summed E-state index contributed by atoms with van der Waals surface area (Å²) in [6.45, 7) is 4.58. The van der Waals surface area contributed by atoms with Gasteiger partial charge in [0.25, 0.3) is 11.7 Å². The third kappa shape index (κ3) is 3.96. The van der Waals surface area contributed by atoms with Crippen LogP contribution < -0.4 is 4.74 Å². The molecule has 0 spiro atoms. The normalized spacial score (nSPS) is 18.3. The van der Waals surface area contributed by atoms with Gasteiger partial charge in [0.05, 0.1) is 25.3 Å². The molecule has 1 heterocycles. The van der Waals surface area contributed by atoms with Crippen molar-refractivity contribution >= 4 is 17.4 Å². The Kier molecular flexibility index (Phi) is 6.57. The minimum atomic E-state index is -0.695. The molecule has 1 aliphatic rings. The number of methoxy groups -OCH3 is 2. The molecule has 0 radical (unpaired) electrons. The van der Waals surface area contributed by atoms with Gasteiger partial charge in [-0.15, -0.1) is 0 Å². The highest BCUT2D eigenvalue weighted by atomic mass is 16.5. The second-order valence-electron chi connectivity index (χ2n) is 7.51. The van der Waals surface area contributed by atoms with Crippen LogP contribution >= 0.6 is 0 Å². The van der Waals surface area contributed by atoms with E-state index in [0.717, 1.165) is 11.1 Å². The van der Waals surface area contributed by atoms with Crippen LogP contribution in [0.1, 0.15) is 42.5 Å². The molecule has 1 N–H and O–H groups in total. The number of ketones is 1. The minimum absolute atomic E-state index is 0.0853. The van der Waals surface area contributed by atoms with Gasteiger partial charge in [-0.25, -0.2) is 0 Å². The molecule has 1 unspecified atom stereocenters. The number of aliphatic hydroxyl groups excluding tert-OH is 1. The Morgan fingerprint density at radius 2 is 1.80 bits per heavy atom. The number of amides is 1. The molecule has 0 aliphatic carbocycles. The molecule has 0 bridgehead atoms. The van der Waals surface area contributed by atoms with Gasteiger partial charge in [-0.2, -0.15) is 0 Å². The molecule has 0 aromatic heterocycles. The molecule has 2 aromatic rings. The van der Waals surface area contributed by atoms with Crippen molar-refractivity contribution in [3.05, 3.63) is 70.8 Å². The fourth-order valence-electron chi connectivity index (χ4n) is 3.77. The van der Waals surface area contributed by atoms with Crippen LogP contribution in [0.25, 0.3) is 5.76 Å². The van der Waals surface area contributed by atoms with Crippen molar-refractivity contribution in [3.8, 4) is 5.75 Å². The van der Waals surface area contributed by atoms with Crippen LogP contribution in [0.4, 0.5) is 0 Å². The van der Waals surface area contributed by atoms with Crippen molar-refractivity contribution < 1.29 is 24.2 Å². The van der Waals surface area contributed by atoms with Gasteiger partial charge in [0.2, 0.25) is 0 Å². The van der Waals surface area contributed by atoms with E-state index in [9.17, 15) is 14.7 Å². The molecule has 2 aromatic carbocycles. The zero-order chi connectivity index (χ0) is 21.8. The Bertz CT molecular complexity index is 965. The van der Waals surface area contributed by atoms with Crippen LogP contribution in [-0.4, -0.2) is 49.1 Å². The van der Waals surface area contributed by atoms with E-state index in [1.165, 1.54) is 4.90 Å². The smallest absolute Gasteiger partial charge is 0.295 e. The van der Waals surface area contributed by atoms with Crippen molar-refractivity contribution in [1.82, 2.24) is 4.90 Å². The number of benzene rings is 2. The third-order valence-corrected chi connectivity index (χ3v) is 5.32. The van der Waals surface area contributed by atoms with Crippen LogP contribution in [0, 0.1) is 0 Å². The Morgan fingerprint density at radius 1 is 1.10 bits per heavy atom. The molecule has 3 rings (SSSR count). The van der Waals surface area contributed by atoms with Crippen LogP contribution in [0.15, 0.2) is 54.1 Å². The van der Waals surface area contributed by atoms with Crippen molar-refractivity contribution in [2.24, 2.45) is 0 Å². The Hall–Kier alpha value is -3.12. The van der Waals surface area contributed by atoms with Crippen molar-refractivity contribution in [2.75, 3.05) is 27.4 Å². The number of nitrogens with zero attached hydrogens (tertiary/aromatic N) is 1. The van der Waals surface area contributed by atoms with Gasteiger partial charge in [0.15, 0.2) is 0 Å². The Morgan fingerprint density at radius 3 is 2.40 bits per heavy atom. The maximum Gasteiger partial charge on any atom is 0.295 e. The predicted octanol–water partition coefficient (Wildman–Crippen LogP) is 3.89. The SMILES string of the molecule is COCCN1C(=O)C(=O)/C(=C(\O)c2ccc(OC)c(C(C)C)c2)C1c1ccccc1. The average molecular weight is 409 g/mol. The van der Waals surface area contributed by atoms with Gasteiger partial charge in [-0.05, 0) is 35.2 Å². The molecule has 1 amide bonds. The molecule has 6 heteroatoms. The molecule has 158 valence electrons. The highest BCUT2D eigenvalue weighted by Crippen LogP contribution is 2.40. The highest BCUT2D eigenvalue weighted by molar-refractivity contribution is 6.46. The minimum Gasteiger partial charge on any atom is -0.507 e. The number of rotatable bonds is 7. The van der Waals surface area contributed by atoms with E-state index in [-0.39, 0.29) is 30.4 Å². The van der Waals surface area contributed by atoms with E-state index < -0.39 is 17.7 Å². The maximum atomic E-state index is 12.9. The number of aliphatic hydroxyl groups is 1. The van der Waals surface area contributed by atoms with Crippen molar-refractivity contribution in [1.29, 1.82) is 0 Å². The zero-order valence-corrected chi connectivity index (χ0v) is 17.7.